The Balaban J connectivity index is 1.67. The van der Waals surface area contributed by atoms with E-state index in [4.69, 9.17) is 5.11 Å². The van der Waals surface area contributed by atoms with E-state index in [0.717, 1.165) is 10.8 Å². The molecule has 2 aromatic carbocycles. The van der Waals surface area contributed by atoms with Crippen LogP contribution in [0.15, 0.2) is 52.1 Å². The smallest absolute Gasteiger partial charge is 0.352 e. The molecule has 0 aliphatic rings. The fourth-order valence-electron chi connectivity index (χ4n) is 2.92. The van der Waals surface area contributed by atoms with Crippen LogP contribution in [0.3, 0.4) is 0 Å². The summed E-state index contributed by atoms with van der Waals surface area (Å²) in [5, 5.41) is 13.7. The van der Waals surface area contributed by atoms with Gasteiger partial charge < -0.3 is 15.4 Å². The number of carboxylic acids is 1. The molecule has 0 aliphatic carbocycles. The predicted molar refractivity (Wildman–Crippen MR) is 99.2 cm³/mol. The standard InChI is InChI=1S/C19H17N3O5/c23-16(13-8-3-6-11-5-1-2-7-12(11)13)20-10-4-9-14-15(18(25)26)21-19(27)22-17(14)24/h1-3,5-8H,4,9-10H2,(H,20,23)(H,25,26)(H2,21,22,24,27). The van der Waals surface area contributed by atoms with Crippen molar-refractivity contribution in [1.82, 2.24) is 15.3 Å². The van der Waals surface area contributed by atoms with Gasteiger partial charge in [0.15, 0.2) is 0 Å². The molecule has 0 atom stereocenters. The zero-order chi connectivity index (χ0) is 19.4. The number of amides is 1. The maximum absolute atomic E-state index is 12.4. The minimum absolute atomic E-state index is 0.0264. The van der Waals surface area contributed by atoms with Crippen molar-refractivity contribution in [3.63, 3.8) is 0 Å². The number of aromatic nitrogens is 2. The largest absolute Gasteiger partial charge is 0.477 e. The predicted octanol–water partition coefficient (Wildman–Crippen LogP) is 1.28. The van der Waals surface area contributed by atoms with Crippen LogP contribution in [0, 0.1) is 0 Å². The normalized spacial score (nSPS) is 10.7. The van der Waals surface area contributed by atoms with Gasteiger partial charge in [0.1, 0.15) is 5.69 Å². The summed E-state index contributed by atoms with van der Waals surface area (Å²) < 4.78 is 0. The lowest BCUT2D eigenvalue weighted by molar-refractivity contribution is 0.0687. The summed E-state index contributed by atoms with van der Waals surface area (Å²) in [5.41, 5.74) is -1.52. The van der Waals surface area contributed by atoms with Crippen molar-refractivity contribution in [2.24, 2.45) is 0 Å². The summed E-state index contributed by atoms with van der Waals surface area (Å²) >= 11 is 0. The molecule has 4 N–H and O–H groups in total. The van der Waals surface area contributed by atoms with Crippen molar-refractivity contribution in [3.05, 3.63) is 80.1 Å². The fourth-order valence-corrected chi connectivity index (χ4v) is 2.92. The Kier molecular flexibility index (Phi) is 5.16. The molecule has 0 unspecified atom stereocenters. The Bertz CT molecular complexity index is 1120. The number of H-pyrrole nitrogens is 2. The Labute approximate surface area is 152 Å². The average molecular weight is 367 g/mol. The van der Waals surface area contributed by atoms with Gasteiger partial charge in [-0.25, -0.2) is 9.59 Å². The number of rotatable bonds is 6. The van der Waals surface area contributed by atoms with E-state index in [1.165, 1.54) is 0 Å². The monoisotopic (exact) mass is 367 g/mol. The number of carbonyl (C=O) groups excluding carboxylic acids is 1. The molecule has 1 amide bonds. The van der Waals surface area contributed by atoms with Gasteiger partial charge in [0, 0.05) is 17.7 Å². The molecule has 8 nitrogen and oxygen atoms in total. The van der Waals surface area contributed by atoms with E-state index in [-0.39, 0.29) is 24.4 Å². The van der Waals surface area contributed by atoms with Gasteiger partial charge in [0.25, 0.3) is 11.5 Å². The van der Waals surface area contributed by atoms with Gasteiger partial charge in [-0.1, -0.05) is 36.4 Å². The molecule has 1 heterocycles. The van der Waals surface area contributed by atoms with Crippen LogP contribution in [-0.2, 0) is 6.42 Å². The first kappa shape index (κ1) is 18.1. The molecule has 1 aromatic heterocycles. The number of aromatic carboxylic acids is 1. The topological polar surface area (TPSA) is 132 Å². The average Bonchev–Trinajstić information content (AvgIpc) is 2.65. The third-order valence-electron chi connectivity index (χ3n) is 4.18. The van der Waals surface area contributed by atoms with Crippen LogP contribution in [0.25, 0.3) is 10.8 Å². The van der Waals surface area contributed by atoms with Gasteiger partial charge in [0.05, 0.1) is 0 Å². The summed E-state index contributed by atoms with van der Waals surface area (Å²) in [6.07, 6.45) is 0.440. The van der Waals surface area contributed by atoms with E-state index in [1.54, 1.807) is 12.1 Å². The van der Waals surface area contributed by atoms with Gasteiger partial charge >= 0.3 is 11.7 Å². The number of hydrogen-bond donors (Lipinski definition) is 4. The van der Waals surface area contributed by atoms with E-state index in [9.17, 15) is 19.2 Å². The van der Waals surface area contributed by atoms with Crippen LogP contribution in [-0.4, -0.2) is 33.5 Å². The Morgan fingerprint density at radius 2 is 1.74 bits per heavy atom. The first-order valence-corrected chi connectivity index (χ1v) is 8.32. The first-order valence-electron chi connectivity index (χ1n) is 8.32. The van der Waals surface area contributed by atoms with Crippen LogP contribution in [0.1, 0.15) is 32.8 Å². The molecule has 0 saturated carbocycles. The van der Waals surface area contributed by atoms with E-state index in [2.05, 4.69) is 10.3 Å². The van der Waals surface area contributed by atoms with Crippen molar-refractivity contribution >= 4 is 22.6 Å². The lowest BCUT2D eigenvalue weighted by Gasteiger charge is -2.08. The Hall–Kier alpha value is -3.68. The molecule has 0 spiro atoms. The second kappa shape index (κ2) is 7.69. The fraction of sp³-hybridized carbons (Fsp3) is 0.158. The zero-order valence-corrected chi connectivity index (χ0v) is 14.2. The highest BCUT2D eigenvalue weighted by atomic mass is 16.4. The number of benzene rings is 2. The maximum atomic E-state index is 12.4. The Morgan fingerprint density at radius 3 is 2.52 bits per heavy atom. The highest BCUT2D eigenvalue weighted by Crippen LogP contribution is 2.18. The number of aromatic amines is 2. The molecule has 0 fully saturated rings. The number of fused-ring (bicyclic) bond motifs is 1. The lowest BCUT2D eigenvalue weighted by Crippen LogP contribution is -2.31. The molecule has 0 bridgehead atoms. The molecule has 0 aliphatic heterocycles. The van der Waals surface area contributed by atoms with E-state index in [1.807, 2.05) is 35.3 Å². The van der Waals surface area contributed by atoms with E-state index < -0.39 is 22.9 Å². The van der Waals surface area contributed by atoms with Crippen LogP contribution in [0.4, 0.5) is 0 Å². The SMILES string of the molecule is O=C(O)c1[nH]c(=O)[nH]c(=O)c1CCCNC(=O)c1cccc2ccccc12. The summed E-state index contributed by atoms with van der Waals surface area (Å²) in [7, 11) is 0. The molecule has 138 valence electrons. The minimum atomic E-state index is -1.38. The van der Waals surface area contributed by atoms with Gasteiger partial charge in [-0.2, -0.15) is 0 Å². The lowest BCUT2D eigenvalue weighted by atomic mass is 10.0. The van der Waals surface area contributed by atoms with Gasteiger partial charge in [-0.05, 0) is 29.7 Å². The maximum Gasteiger partial charge on any atom is 0.352 e. The highest BCUT2D eigenvalue weighted by Gasteiger charge is 2.15. The molecule has 0 radical (unpaired) electrons. The Morgan fingerprint density at radius 1 is 1.00 bits per heavy atom. The van der Waals surface area contributed by atoms with E-state index >= 15 is 0 Å². The molecule has 8 heteroatoms. The van der Waals surface area contributed by atoms with Crippen molar-refractivity contribution in [2.45, 2.75) is 12.8 Å². The highest BCUT2D eigenvalue weighted by molar-refractivity contribution is 6.06. The molecule has 27 heavy (non-hydrogen) atoms. The third-order valence-corrected chi connectivity index (χ3v) is 4.18. The van der Waals surface area contributed by atoms with Crippen LogP contribution in [0.5, 0.6) is 0 Å². The van der Waals surface area contributed by atoms with Crippen LogP contribution < -0.4 is 16.6 Å². The minimum Gasteiger partial charge on any atom is -0.477 e. The number of nitrogens with one attached hydrogen (secondary N) is 3. The third kappa shape index (κ3) is 3.95. The number of carboxylic acid groups (broad SMARTS) is 1. The van der Waals surface area contributed by atoms with Crippen LogP contribution >= 0.6 is 0 Å². The molecular formula is C19H17N3O5. The molecular weight excluding hydrogens is 350 g/mol. The second-order valence-electron chi connectivity index (χ2n) is 5.95. The number of carbonyl (C=O) groups is 2. The van der Waals surface area contributed by atoms with E-state index in [0.29, 0.717) is 12.0 Å². The first-order chi connectivity index (χ1) is 13.0. The summed E-state index contributed by atoms with van der Waals surface area (Å²) in [4.78, 5) is 50.8. The number of hydrogen-bond acceptors (Lipinski definition) is 4. The zero-order valence-electron chi connectivity index (χ0n) is 14.2. The van der Waals surface area contributed by atoms with Gasteiger partial charge in [-0.15, -0.1) is 0 Å². The van der Waals surface area contributed by atoms with Crippen molar-refractivity contribution < 1.29 is 14.7 Å². The van der Waals surface area contributed by atoms with Crippen molar-refractivity contribution in [2.75, 3.05) is 6.54 Å². The quantitative estimate of drug-likeness (QED) is 0.487. The molecule has 0 saturated heterocycles. The van der Waals surface area contributed by atoms with Gasteiger partial charge in [-0.3, -0.25) is 14.6 Å². The van der Waals surface area contributed by atoms with Crippen molar-refractivity contribution in [3.8, 4) is 0 Å². The van der Waals surface area contributed by atoms with Crippen LogP contribution in [0.2, 0.25) is 0 Å². The molecule has 3 rings (SSSR count). The van der Waals surface area contributed by atoms with Gasteiger partial charge in [0.2, 0.25) is 0 Å². The van der Waals surface area contributed by atoms with Crippen molar-refractivity contribution in [1.29, 1.82) is 0 Å². The summed E-state index contributed by atoms with van der Waals surface area (Å²) in [6.45, 7) is 0.250. The second-order valence-corrected chi connectivity index (χ2v) is 5.95. The molecule has 3 aromatic rings. The summed E-state index contributed by atoms with van der Waals surface area (Å²) in [5.74, 6) is -1.63. The summed E-state index contributed by atoms with van der Waals surface area (Å²) in [6, 6.07) is 13.0.